The number of nitrogens with zero attached hydrogens (tertiary/aromatic N) is 2. The molecule has 3 aromatic rings. The Bertz CT molecular complexity index is 874. The number of ether oxygens (including phenoxy) is 1. The number of amides is 1. The van der Waals surface area contributed by atoms with Gasteiger partial charge in [-0.3, -0.25) is 9.69 Å². The van der Waals surface area contributed by atoms with Crippen molar-refractivity contribution in [3.63, 3.8) is 0 Å². The van der Waals surface area contributed by atoms with Gasteiger partial charge < -0.3 is 4.74 Å². The molecular formula is C20H18N2O2S. The molecule has 5 heteroatoms. The van der Waals surface area contributed by atoms with Crippen LogP contribution in [0.4, 0.5) is 5.13 Å². The van der Waals surface area contributed by atoms with E-state index in [0.717, 1.165) is 11.3 Å². The van der Waals surface area contributed by atoms with Crippen molar-refractivity contribution in [3.8, 4) is 17.0 Å². The molecule has 0 fully saturated rings. The predicted octanol–water partition coefficient (Wildman–Crippen LogP) is 4.65. The first-order chi connectivity index (χ1) is 12.2. The summed E-state index contributed by atoms with van der Waals surface area (Å²) in [5.74, 6) is 0.382. The molecule has 0 aliphatic rings. The van der Waals surface area contributed by atoms with E-state index in [9.17, 15) is 4.79 Å². The molecule has 0 saturated carbocycles. The summed E-state index contributed by atoms with van der Waals surface area (Å²) in [6, 6.07) is 17.1. The minimum atomic E-state index is -0.161. The fourth-order valence-electron chi connectivity index (χ4n) is 2.47. The lowest BCUT2D eigenvalue weighted by molar-refractivity contribution is 0.0987. The molecule has 0 spiro atoms. The van der Waals surface area contributed by atoms with Crippen molar-refractivity contribution < 1.29 is 9.53 Å². The first-order valence-corrected chi connectivity index (χ1v) is 8.69. The van der Waals surface area contributed by atoms with Crippen LogP contribution in [0.5, 0.6) is 5.75 Å². The number of rotatable bonds is 6. The molecule has 4 nitrogen and oxygen atoms in total. The van der Waals surface area contributed by atoms with Gasteiger partial charge in [-0.2, -0.15) is 0 Å². The van der Waals surface area contributed by atoms with E-state index in [-0.39, 0.29) is 5.91 Å². The number of aromatic nitrogens is 1. The number of carbonyl (C=O) groups is 1. The van der Waals surface area contributed by atoms with Gasteiger partial charge in [0.1, 0.15) is 5.75 Å². The van der Waals surface area contributed by atoms with Crippen LogP contribution in [-0.4, -0.2) is 24.5 Å². The number of carbonyl (C=O) groups excluding carboxylic acids is 1. The molecule has 1 amide bonds. The van der Waals surface area contributed by atoms with Crippen LogP contribution in [0.3, 0.4) is 0 Å². The predicted molar refractivity (Wildman–Crippen MR) is 102 cm³/mol. The second-order valence-electron chi connectivity index (χ2n) is 5.29. The van der Waals surface area contributed by atoms with Crippen molar-refractivity contribution in [1.82, 2.24) is 4.98 Å². The van der Waals surface area contributed by atoms with Gasteiger partial charge in [0, 0.05) is 17.5 Å². The van der Waals surface area contributed by atoms with E-state index in [1.54, 1.807) is 30.2 Å². The number of thiazole rings is 1. The maximum Gasteiger partial charge on any atom is 0.264 e. The van der Waals surface area contributed by atoms with Gasteiger partial charge >= 0.3 is 0 Å². The molecule has 0 aliphatic carbocycles. The molecule has 0 N–H and O–H groups in total. The normalized spacial score (nSPS) is 10.3. The van der Waals surface area contributed by atoms with E-state index in [2.05, 4.69) is 11.6 Å². The van der Waals surface area contributed by atoms with Gasteiger partial charge in [0.2, 0.25) is 0 Å². The van der Waals surface area contributed by atoms with Crippen molar-refractivity contribution in [3.05, 3.63) is 78.2 Å². The Kier molecular flexibility index (Phi) is 5.26. The van der Waals surface area contributed by atoms with Crippen molar-refractivity contribution in [2.24, 2.45) is 0 Å². The molecule has 0 bridgehead atoms. The third kappa shape index (κ3) is 3.61. The Morgan fingerprint density at radius 1 is 1.20 bits per heavy atom. The number of anilines is 1. The van der Waals surface area contributed by atoms with E-state index < -0.39 is 0 Å². The molecule has 0 unspecified atom stereocenters. The zero-order valence-electron chi connectivity index (χ0n) is 13.9. The third-order valence-corrected chi connectivity index (χ3v) is 4.55. The maximum absolute atomic E-state index is 13.0. The number of para-hydroxylation sites is 1. The average Bonchev–Trinajstić information content (AvgIpc) is 3.16. The molecule has 1 aromatic heterocycles. The molecule has 0 radical (unpaired) electrons. The molecule has 25 heavy (non-hydrogen) atoms. The second-order valence-corrected chi connectivity index (χ2v) is 6.12. The molecule has 3 rings (SSSR count). The second kappa shape index (κ2) is 7.77. The Morgan fingerprint density at radius 3 is 2.64 bits per heavy atom. The van der Waals surface area contributed by atoms with Crippen molar-refractivity contribution in [2.45, 2.75) is 0 Å². The Balaban J connectivity index is 1.95. The fraction of sp³-hybridized carbons (Fsp3) is 0.100. The Labute approximate surface area is 151 Å². The number of hydrogen-bond acceptors (Lipinski definition) is 4. The zero-order valence-corrected chi connectivity index (χ0v) is 14.7. The Morgan fingerprint density at radius 2 is 1.92 bits per heavy atom. The van der Waals surface area contributed by atoms with Gasteiger partial charge in [0.05, 0.1) is 18.4 Å². The van der Waals surface area contributed by atoms with Gasteiger partial charge in [0.15, 0.2) is 5.13 Å². The lowest BCUT2D eigenvalue weighted by Crippen LogP contribution is -2.31. The minimum absolute atomic E-state index is 0.161. The summed E-state index contributed by atoms with van der Waals surface area (Å²) in [6.45, 7) is 4.13. The van der Waals surface area contributed by atoms with Crippen LogP contribution in [0.15, 0.2) is 72.6 Å². The maximum atomic E-state index is 13.0. The summed E-state index contributed by atoms with van der Waals surface area (Å²) in [6.07, 6.45) is 1.69. The van der Waals surface area contributed by atoms with Crippen LogP contribution in [0.1, 0.15) is 10.4 Å². The topological polar surface area (TPSA) is 42.4 Å². The first kappa shape index (κ1) is 16.9. The van der Waals surface area contributed by atoms with Crippen LogP contribution in [0, 0.1) is 0 Å². The fourth-order valence-corrected chi connectivity index (χ4v) is 3.32. The number of benzene rings is 2. The summed E-state index contributed by atoms with van der Waals surface area (Å²) in [4.78, 5) is 19.3. The molecule has 1 heterocycles. The van der Waals surface area contributed by atoms with Crippen LogP contribution in [0.25, 0.3) is 11.3 Å². The lowest BCUT2D eigenvalue weighted by Gasteiger charge is -2.19. The SMILES string of the molecule is C=CCN(C(=O)c1ccccc1OC)c1nc(-c2ccccc2)cs1. The summed E-state index contributed by atoms with van der Waals surface area (Å²) >= 11 is 1.43. The molecular weight excluding hydrogens is 332 g/mol. The van der Waals surface area contributed by atoms with E-state index >= 15 is 0 Å². The van der Waals surface area contributed by atoms with Crippen molar-refractivity contribution >= 4 is 22.4 Å². The van der Waals surface area contributed by atoms with Gasteiger partial charge in [-0.1, -0.05) is 48.5 Å². The molecule has 0 aliphatic heterocycles. The van der Waals surface area contributed by atoms with E-state index in [4.69, 9.17) is 4.74 Å². The van der Waals surface area contributed by atoms with E-state index in [0.29, 0.717) is 23.0 Å². The summed E-state index contributed by atoms with van der Waals surface area (Å²) < 4.78 is 5.31. The summed E-state index contributed by atoms with van der Waals surface area (Å²) in [5, 5.41) is 2.59. The highest BCUT2D eigenvalue weighted by Gasteiger charge is 2.22. The van der Waals surface area contributed by atoms with Crippen LogP contribution < -0.4 is 9.64 Å². The molecule has 126 valence electrons. The Hall–Kier alpha value is -2.92. The highest BCUT2D eigenvalue weighted by molar-refractivity contribution is 7.14. The van der Waals surface area contributed by atoms with Crippen molar-refractivity contribution in [1.29, 1.82) is 0 Å². The van der Waals surface area contributed by atoms with E-state index in [1.807, 2.05) is 47.8 Å². The van der Waals surface area contributed by atoms with Crippen LogP contribution in [-0.2, 0) is 0 Å². The summed E-state index contributed by atoms with van der Waals surface area (Å²) in [7, 11) is 1.56. The largest absolute Gasteiger partial charge is 0.496 e. The van der Waals surface area contributed by atoms with Crippen LogP contribution >= 0.6 is 11.3 Å². The molecule has 0 saturated heterocycles. The number of hydrogen-bond donors (Lipinski definition) is 0. The molecule has 0 atom stereocenters. The van der Waals surface area contributed by atoms with Gasteiger partial charge in [0.25, 0.3) is 5.91 Å². The van der Waals surface area contributed by atoms with Crippen molar-refractivity contribution in [2.75, 3.05) is 18.6 Å². The van der Waals surface area contributed by atoms with Gasteiger partial charge in [-0.15, -0.1) is 17.9 Å². The minimum Gasteiger partial charge on any atom is -0.496 e. The third-order valence-electron chi connectivity index (χ3n) is 3.69. The highest BCUT2D eigenvalue weighted by atomic mass is 32.1. The lowest BCUT2D eigenvalue weighted by atomic mass is 10.1. The number of methoxy groups -OCH3 is 1. The highest BCUT2D eigenvalue weighted by Crippen LogP contribution is 2.29. The van der Waals surface area contributed by atoms with Gasteiger partial charge in [-0.05, 0) is 12.1 Å². The quantitative estimate of drug-likeness (QED) is 0.608. The first-order valence-electron chi connectivity index (χ1n) is 7.81. The van der Waals surface area contributed by atoms with Gasteiger partial charge in [-0.25, -0.2) is 4.98 Å². The summed E-state index contributed by atoms with van der Waals surface area (Å²) in [5.41, 5.74) is 2.37. The monoisotopic (exact) mass is 350 g/mol. The van der Waals surface area contributed by atoms with Crippen LogP contribution in [0.2, 0.25) is 0 Å². The average molecular weight is 350 g/mol. The zero-order chi connectivity index (χ0) is 17.6. The smallest absolute Gasteiger partial charge is 0.264 e. The molecule has 2 aromatic carbocycles. The van der Waals surface area contributed by atoms with E-state index in [1.165, 1.54) is 11.3 Å². The standard InChI is InChI=1S/C20H18N2O2S/c1-3-13-22(19(23)16-11-7-8-12-18(16)24-2)20-21-17(14-25-20)15-9-5-4-6-10-15/h3-12,14H,1,13H2,2H3.